The van der Waals surface area contributed by atoms with Crippen molar-refractivity contribution in [2.75, 3.05) is 31.3 Å². The van der Waals surface area contributed by atoms with Crippen molar-refractivity contribution in [3.05, 3.63) is 58.5 Å². The number of fused-ring (bicyclic) bond motifs is 1. The van der Waals surface area contributed by atoms with Gasteiger partial charge in [-0.2, -0.15) is 0 Å². The summed E-state index contributed by atoms with van der Waals surface area (Å²) in [4.78, 5) is 60.5. The number of pyridine rings is 1. The predicted octanol–water partition coefficient (Wildman–Crippen LogP) is 2.41. The summed E-state index contributed by atoms with van der Waals surface area (Å²) in [5, 5.41) is 15.9. The van der Waals surface area contributed by atoms with Crippen LogP contribution in [0.3, 0.4) is 0 Å². The van der Waals surface area contributed by atoms with Gasteiger partial charge in [0.25, 0.3) is 11.8 Å². The van der Waals surface area contributed by atoms with E-state index in [-0.39, 0.29) is 41.8 Å². The maximum atomic E-state index is 13.3. The van der Waals surface area contributed by atoms with Crippen LogP contribution in [0.25, 0.3) is 6.08 Å². The van der Waals surface area contributed by atoms with Gasteiger partial charge in [0.15, 0.2) is 10.8 Å². The van der Waals surface area contributed by atoms with Crippen LogP contribution in [0.15, 0.2) is 52.4 Å². The fourth-order valence-electron chi connectivity index (χ4n) is 3.90. The van der Waals surface area contributed by atoms with E-state index in [0.29, 0.717) is 11.3 Å². The van der Waals surface area contributed by atoms with E-state index in [2.05, 4.69) is 20.4 Å². The summed E-state index contributed by atoms with van der Waals surface area (Å²) in [6.07, 6.45) is 5.82. The number of hydrogen-bond acceptors (Lipinski definition) is 14. The number of anilines is 1. The number of carbonyl (C=O) groups excluding carboxylic acids is 4. The Morgan fingerprint density at radius 2 is 2.00 bits per heavy atom. The fourth-order valence-corrected chi connectivity index (χ4v) is 5.76. The number of nitrogens with one attached hydrogen (secondary N) is 1. The molecule has 0 unspecified atom stereocenters. The minimum Gasteiger partial charge on any atom is -0.457 e. The van der Waals surface area contributed by atoms with E-state index < -0.39 is 41.1 Å². The van der Waals surface area contributed by atoms with Crippen molar-refractivity contribution in [1.29, 1.82) is 0 Å². The Bertz CT molecular complexity index is 1470. The third kappa shape index (κ3) is 7.90. The quantitative estimate of drug-likeness (QED) is 0.0867. The first-order chi connectivity index (χ1) is 20.5. The highest BCUT2D eigenvalue weighted by Crippen LogP contribution is 2.41. The molecule has 0 radical (unpaired) electrons. The average molecular weight is 631 g/mol. The van der Waals surface area contributed by atoms with Gasteiger partial charge in [-0.05, 0) is 22.6 Å². The topological polar surface area (TPSA) is 196 Å². The van der Waals surface area contributed by atoms with Gasteiger partial charge in [0.2, 0.25) is 0 Å². The molecule has 1 fully saturated rings. The van der Waals surface area contributed by atoms with E-state index >= 15 is 0 Å². The second-order valence-electron chi connectivity index (χ2n) is 10.5. The van der Waals surface area contributed by atoms with Gasteiger partial charge in [-0.3, -0.25) is 19.5 Å². The number of allylic oxidation sites excluding steroid dienone is 1. The highest BCUT2D eigenvalue weighted by molar-refractivity contribution is 8.00. The average Bonchev–Trinajstić information content (AvgIpc) is 3.41. The summed E-state index contributed by atoms with van der Waals surface area (Å²) in [6, 6.07) is 2.57. The lowest BCUT2D eigenvalue weighted by molar-refractivity contribution is -0.153. The maximum absolute atomic E-state index is 13.3. The van der Waals surface area contributed by atoms with E-state index in [1.807, 2.05) is 26.8 Å². The van der Waals surface area contributed by atoms with Crippen molar-refractivity contribution < 1.29 is 38.6 Å². The molecule has 2 amide bonds. The summed E-state index contributed by atoms with van der Waals surface area (Å²) in [5.41, 5.74) is 6.30. The molecule has 2 atom stereocenters. The van der Waals surface area contributed by atoms with Gasteiger partial charge < -0.3 is 30.5 Å². The number of β-lactam (4-membered cyclic amide) rings is 1. The number of hydrogen-bond donors (Lipinski definition) is 3. The Kier molecular flexibility index (Phi) is 10.0. The summed E-state index contributed by atoms with van der Waals surface area (Å²) in [6.45, 7) is 5.32. The number of nitrogens with zero attached hydrogens (tertiary/aromatic N) is 4. The van der Waals surface area contributed by atoms with Gasteiger partial charge in [-0.25, -0.2) is 14.6 Å². The van der Waals surface area contributed by atoms with Gasteiger partial charge in [-0.15, -0.1) is 23.1 Å². The SMILES string of the molecule is CC(C)(C)COC(=O)OCCOC(=O)C1=C(/C=C\c2cccnc2)CS[C@H]2[C@H](NC(=O)C(=NO)c3csc(N)n3)C(=O)N12. The lowest BCUT2D eigenvalue weighted by Crippen LogP contribution is -2.71. The number of thioether (sulfide) groups is 1. The molecule has 2 aliphatic heterocycles. The van der Waals surface area contributed by atoms with E-state index in [0.717, 1.165) is 16.9 Å². The second-order valence-corrected chi connectivity index (χ2v) is 12.5. The van der Waals surface area contributed by atoms with Gasteiger partial charge in [0.1, 0.15) is 36.0 Å². The molecule has 4 heterocycles. The predicted molar refractivity (Wildman–Crippen MR) is 158 cm³/mol. The zero-order valence-corrected chi connectivity index (χ0v) is 25.1. The Hall–Kier alpha value is -4.44. The lowest BCUT2D eigenvalue weighted by atomic mass is 9.99. The zero-order chi connectivity index (χ0) is 31.1. The molecule has 4 rings (SSSR count). The molecular formula is C27H30N6O8S2. The van der Waals surface area contributed by atoms with E-state index in [9.17, 15) is 24.4 Å². The number of nitrogens with two attached hydrogens (primary N) is 1. The van der Waals surface area contributed by atoms with Crippen molar-refractivity contribution in [2.24, 2.45) is 10.6 Å². The Morgan fingerprint density at radius 3 is 2.65 bits per heavy atom. The van der Waals surface area contributed by atoms with Gasteiger partial charge in [-0.1, -0.05) is 44.1 Å². The van der Waals surface area contributed by atoms with Crippen molar-refractivity contribution in [3.8, 4) is 0 Å². The normalized spacial score (nSPS) is 18.6. The molecule has 2 aromatic heterocycles. The molecule has 0 aliphatic carbocycles. The summed E-state index contributed by atoms with van der Waals surface area (Å²) >= 11 is 2.38. The molecule has 2 aliphatic rings. The molecule has 0 saturated carbocycles. The van der Waals surface area contributed by atoms with E-state index in [4.69, 9.17) is 19.9 Å². The van der Waals surface area contributed by atoms with Crippen LogP contribution in [0.1, 0.15) is 32.0 Å². The molecule has 2 aromatic rings. The van der Waals surface area contributed by atoms with Crippen LogP contribution < -0.4 is 11.1 Å². The molecule has 228 valence electrons. The van der Waals surface area contributed by atoms with Gasteiger partial charge in [0, 0.05) is 23.5 Å². The first-order valence-electron chi connectivity index (χ1n) is 13.0. The number of esters is 1. The third-order valence-electron chi connectivity index (χ3n) is 5.88. The molecular weight excluding hydrogens is 600 g/mol. The second kappa shape index (κ2) is 13.7. The Labute approximate surface area is 255 Å². The highest BCUT2D eigenvalue weighted by atomic mass is 32.2. The van der Waals surface area contributed by atoms with E-state index in [1.165, 1.54) is 22.0 Å². The van der Waals surface area contributed by atoms with Crippen LogP contribution in [-0.4, -0.2) is 86.7 Å². The molecule has 43 heavy (non-hydrogen) atoms. The maximum Gasteiger partial charge on any atom is 0.508 e. The third-order valence-corrected chi connectivity index (χ3v) is 7.85. The van der Waals surface area contributed by atoms with Crippen LogP contribution in [-0.2, 0) is 28.6 Å². The fraction of sp³-hybridized carbons (Fsp3) is 0.370. The van der Waals surface area contributed by atoms with Crippen LogP contribution in [0.5, 0.6) is 0 Å². The zero-order valence-electron chi connectivity index (χ0n) is 23.5. The number of carbonyl (C=O) groups is 4. The van der Waals surface area contributed by atoms with Crippen molar-refractivity contribution in [2.45, 2.75) is 32.2 Å². The van der Waals surface area contributed by atoms with Crippen LogP contribution in [0.4, 0.5) is 9.93 Å². The Balaban J connectivity index is 1.46. The summed E-state index contributed by atoms with van der Waals surface area (Å²) < 4.78 is 15.4. The highest BCUT2D eigenvalue weighted by Gasteiger charge is 2.54. The van der Waals surface area contributed by atoms with Crippen molar-refractivity contribution >= 4 is 64.0 Å². The van der Waals surface area contributed by atoms with Crippen molar-refractivity contribution in [3.63, 3.8) is 0 Å². The van der Waals surface area contributed by atoms with E-state index in [1.54, 1.807) is 30.6 Å². The number of rotatable bonds is 10. The monoisotopic (exact) mass is 630 g/mol. The number of oxime groups is 1. The molecule has 4 N–H and O–H groups in total. The minimum atomic E-state index is -1.02. The lowest BCUT2D eigenvalue weighted by Gasteiger charge is -2.49. The Morgan fingerprint density at radius 1 is 1.23 bits per heavy atom. The van der Waals surface area contributed by atoms with Crippen LogP contribution in [0, 0.1) is 5.41 Å². The number of amides is 2. The molecule has 0 bridgehead atoms. The minimum absolute atomic E-state index is 0.00183. The summed E-state index contributed by atoms with van der Waals surface area (Å²) in [5.74, 6) is -1.91. The molecule has 16 heteroatoms. The molecule has 1 saturated heterocycles. The largest absolute Gasteiger partial charge is 0.508 e. The summed E-state index contributed by atoms with van der Waals surface area (Å²) in [7, 11) is 0. The molecule has 0 spiro atoms. The first kappa shape index (κ1) is 31.5. The molecule has 14 nitrogen and oxygen atoms in total. The number of nitrogen functional groups attached to an aromatic ring is 1. The van der Waals surface area contributed by atoms with Crippen LogP contribution >= 0.6 is 23.1 Å². The first-order valence-corrected chi connectivity index (χ1v) is 14.9. The smallest absolute Gasteiger partial charge is 0.457 e. The van der Waals surface area contributed by atoms with Crippen molar-refractivity contribution in [1.82, 2.24) is 20.2 Å². The molecule has 0 aromatic carbocycles. The van der Waals surface area contributed by atoms with Crippen LogP contribution in [0.2, 0.25) is 0 Å². The number of ether oxygens (including phenoxy) is 3. The standard InChI is InChI=1S/C27H30N6O8S2/c1-27(2,3)14-41-26(37)40-10-9-39-24(36)20-16(7-6-15-5-4-8-29-11-15)12-42-23-19(22(35)33(20)23)31-21(34)18(32-38)17-13-43-25(28)30-17/h4-8,11,13,19,23,38H,9-10,12,14H2,1-3H3,(H2,28,30)(H,31,34)/b7-6-,32-18?/t19-,23+/m1/s1. The van der Waals surface area contributed by atoms with Gasteiger partial charge >= 0.3 is 12.1 Å². The number of thiazole rings is 1. The number of aromatic nitrogens is 2. The van der Waals surface area contributed by atoms with Gasteiger partial charge in [0.05, 0.1) is 6.61 Å².